The molecule has 1 saturated carbocycles. The molecule has 27 heavy (non-hydrogen) atoms. The van der Waals surface area contributed by atoms with Crippen LogP contribution in [0.2, 0.25) is 0 Å². The Morgan fingerprint density at radius 2 is 2.07 bits per heavy atom. The summed E-state index contributed by atoms with van der Waals surface area (Å²) in [5.41, 5.74) is 0.947. The normalized spacial score (nSPS) is 20.4. The maximum absolute atomic E-state index is 14.7. The molecule has 7 heteroatoms. The van der Waals surface area contributed by atoms with Gasteiger partial charge in [-0.25, -0.2) is 9.18 Å². The number of ether oxygens (including phenoxy) is 2. The number of carbonyl (C=O) groups is 2. The molecule has 0 aromatic heterocycles. The number of nitrogens with zero attached hydrogens (tertiary/aromatic N) is 1. The maximum atomic E-state index is 14.7. The lowest BCUT2D eigenvalue weighted by atomic mass is 9.97. The molecule has 1 aromatic rings. The highest BCUT2D eigenvalue weighted by Crippen LogP contribution is 2.59. The molecule has 0 atom stereocenters. The van der Waals surface area contributed by atoms with E-state index in [1.165, 1.54) is 6.07 Å². The molecular weight excluding hydrogens is 351 g/mol. The van der Waals surface area contributed by atoms with E-state index in [9.17, 15) is 14.0 Å². The highest BCUT2D eigenvalue weighted by molar-refractivity contribution is 6.12. The van der Waals surface area contributed by atoms with Crippen molar-refractivity contribution >= 4 is 23.4 Å². The molecule has 2 heterocycles. The van der Waals surface area contributed by atoms with Crippen molar-refractivity contribution in [1.82, 2.24) is 0 Å². The molecule has 4 rings (SSSR count). The average molecular weight is 374 g/mol. The Labute approximate surface area is 157 Å². The smallest absolute Gasteiger partial charge is 0.412 e. The molecule has 3 aliphatic rings. The Morgan fingerprint density at radius 3 is 2.67 bits per heavy atom. The van der Waals surface area contributed by atoms with Gasteiger partial charge in [-0.2, -0.15) is 0 Å². The standard InChI is InChI=1S/C20H23FN2O4/c1-19(2,3)27-18(25)22-15-10-13-16(11-14(15)21)23(12-4-8-26-9-5-12)17(24)20(13)6-7-20/h4,10-11H,5-9H2,1-3H3,(H,22,25). The highest BCUT2D eigenvalue weighted by atomic mass is 19.1. The van der Waals surface area contributed by atoms with Crippen LogP contribution in [0.4, 0.5) is 20.6 Å². The number of rotatable bonds is 2. The summed E-state index contributed by atoms with van der Waals surface area (Å²) in [4.78, 5) is 26.8. The van der Waals surface area contributed by atoms with E-state index in [0.717, 1.165) is 24.1 Å². The van der Waals surface area contributed by atoms with Crippen LogP contribution in [0.15, 0.2) is 23.9 Å². The summed E-state index contributed by atoms with van der Waals surface area (Å²) in [6, 6.07) is 2.92. The number of nitrogens with one attached hydrogen (secondary N) is 1. The van der Waals surface area contributed by atoms with Crippen molar-refractivity contribution in [1.29, 1.82) is 0 Å². The number of benzene rings is 1. The van der Waals surface area contributed by atoms with Crippen LogP contribution in [0.5, 0.6) is 0 Å². The number of hydrogen-bond acceptors (Lipinski definition) is 4. The number of fused-ring (bicyclic) bond motifs is 2. The number of halogens is 1. The van der Waals surface area contributed by atoms with E-state index in [1.807, 2.05) is 6.08 Å². The molecule has 1 N–H and O–H groups in total. The van der Waals surface area contributed by atoms with Gasteiger partial charge in [-0.15, -0.1) is 0 Å². The predicted octanol–water partition coefficient (Wildman–Crippen LogP) is 3.86. The van der Waals surface area contributed by atoms with Crippen LogP contribution in [-0.2, 0) is 19.7 Å². The van der Waals surface area contributed by atoms with E-state index >= 15 is 0 Å². The summed E-state index contributed by atoms with van der Waals surface area (Å²) in [6.45, 7) is 6.20. The molecule has 2 aliphatic heterocycles. The second-order valence-electron chi connectivity index (χ2n) is 8.22. The largest absolute Gasteiger partial charge is 0.444 e. The van der Waals surface area contributed by atoms with Crippen molar-refractivity contribution in [3.63, 3.8) is 0 Å². The van der Waals surface area contributed by atoms with Crippen molar-refractivity contribution in [3.8, 4) is 0 Å². The number of anilines is 2. The molecule has 2 amide bonds. The molecule has 1 aromatic carbocycles. The van der Waals surface area contributed by atoms with Gasteiger partial charge in [-0.3, -0.25) is 15.0 Å². The van der Waals surface area contributed by atoms with Crippen LogP contribution in [0.3, 0.4) is 0 Å². The number of amides is 2. The fourth-order valence-corrected chi connectivity index (χ4v) is 3.69. The average Bonchev–Trinajstić information content (AvgIpc) is 3.34. The lowest BCUT2D eigenvalue weighted by Crippen LogP contribution is -2.33. The Hall–Kier alpha value is -2.41. The van der Waals surface area contributed by atoms with Gasteiger partial charge in [0.1, 0.15) is 11.4 Å². The van der Waals surface area contributed by atoms with Crippen LogP contribution in [0.1, 0.15) is 45.6 Å². The lowest BCUT2D eigenvalue weighted by molar-refractivity contribution is -0.119. The number of carbonyl (C=O) groups excluding carboxylic acids is 2. The maximum Gasteiger partial charge on any atom is 0.412 e. The molecule has 0 bridgehead atoms. The zero-order chi connectivity index (χ0) is 19.4. The van der Waals surface area contributed by atoms with Gasteiger partial charge in [0.05, 0.1) is 30.0 Å². The molecule has 144 valence electrons. The predicted molar refractivity (Wildman–Crippen MR) is 98.2 cm³/mol. The van der Waals surface area contributed by atoms with Gasteiger partial charge in [0.2, 0.25) is 5.91 Å². The van der Waals surface area contributed by atoms with Gasteiger partial charge in [-0.05, 0) is 51.3 Å². The van der Waals surface area contributed by atoms with E-state index in [-0.39, 0.29) is 11.6 Å². The molecule has 0 saturated heterocycles. The van der Waals surface area contributed by atoms with Crippen molar-refractivity contribution in [2.45, 2.75) is 51.0 Å². The SMILES string of the molecule is CC(C)(C)OC(=O)Nc1cc2c(cc1F)N(C1=CCOCC1)C(=O)C21CC1. The van der Waals surface area contributed by atoms with Crippen molar-refractivity contribution < 1.29 is 23.5 Å². The summed E-state index contributed by atoms with van der Waals surface area (Å²) >= 11 is 0. The molecule has 1 fully saturated rings. The van der Waals surface area contributed by atoms with Gasteiger partial charge < -0.3 is 9.47 Å². The van der Waals surface area contributed by atoms with Gasteiger partial charge in [0, 0.05) is 18.2 Å². The Kier molecular flexibility index (Phi) is 4.03. The third-order valence-electron chi connectivity index (χ3n) is 5.07. The molecule has 1 spiro atoms. The molecule has 1 aliphatic carbocycles. The van der Waals surface area contributed by atoms with Crippen LogP contribution in [-0.4, -0.2) is 30.8 Å². The topological polar surface area (TPSA) is 67.9 Å². The molecule has 0 unspecified atom stereocenters. The van der Waals surface area contributed by atoms with Crippen LogP contribution >= 0.6 is 0 Å². The van der Waals surface area contributed by atoms with Gasteiger partial charge in [0.25, 0.3) is 0 Å². The summed E-state index contributed by atoms with van der Waals surface area (Å²) in [5.74, 6) is -0.609. The van der Waals surface area contributed by atoms with E-state index in [2.05, 4.69) is 5.32 Å². The monoisotopic (exact) mass is 374 g/mol. The minimum atomic E-state index is -0.723. The summed E-state index contributed by atoms with van der Waals surface area (Å²) in [6.07, 6.45) is 3.23. The van der Waals surface area contributed by atoms with Crippen molar-refractivity contribution in [2.24, 2.45) is 0 Å². The summed E-state index contributed by atoms with van der Waals surface area (Å²) < 4.78 is 25.3. The van der Waals surface area contributed by atoms with Gasteiger partial charge in [-0.1, -0.05) is 0 Å². The molecule has 0 radical (unpaired) electrons. The van der Waals surface area contributed by atoms with Crippen molar-refractivity contribution in [3.05, 3.63) is 35.3 Å². The first-order valence-corrected chi connectivity index (χ1v) is 9.17. The zero-order valence-corrected chi connectivity index (χ0v) is 15.7. The van der Waals surface area contributed by atoms with E-state index in [4.69, 9.17) is 9.47 Å². The number of hydrogen-bond donors (Lipinski definition) is 1. The lowest BCUT2D eigenvalue weighted by Gasteiger charge is -2.24. The van der Waals surface area contributed by atoms with Crippen molar-refractivity contribution in [2.75, 3.05) is 23.4 Å². The Balaban J connectivity index is 1.69. The molecular formula is C20H23FN2O4. The van der Waals surface area contributed by atoms with E-state index in [1.54, 1.807) is 31.7 Å². The van der Waals surface area contributed by atoms with Crippen LogP contribution < -0.4 is 10.2 Å². The van der Waals surface area contributed by atoms with Gasteiger partial charge >= 0.3 is 6.09 Å². The van der Waals surface area contributed by atoms with Gasteiger partial charge in [0.15, 0.2) is 0 Å². The first kappa shape index (κ1) is 18.0. The Morgan fingerprint density at radius 1 is 1.33 bits per heavy atom. The fraction of sp³-hybridized carbons (Fsp3) is 0.500. The fourth-order valence-electron chi connectivity index (χ4n) is 3.69. The second-order valence-corrected chi connectivity index (χ2v) is 8.22. The Bertz CT molecular complexity index is 852. The second kappa shape index (κ2) is 6.05. The minimum absolute atomic E-state index is 0.0144. The summed E-state index contributed by atoms with van der Waals surface area (Å²) in [5, 5.41) is 2.47. The third kappa shape index (κ3) is 3.10. The van der Waals surface area contributed by atoms with Crippen LogP contribution in [0.25, 0.3) is 0 Å². The van der Waals surface area contributed by atoms with Crippen LogP contribution in [0, 0.1) is 5.82 Å². The third-order valence-corrected chi connectivity index (χ3v) is 5.07. The van der Waals surface area contributed by atoms with E-state index < -0.39 is 22.9 Å². The zero-order valence-electron chi connectivity index (χ0n) is 15.7. The first-order chi connectivity index (χ1) is 12.7. The van der Waals surface area contributed by atoms with E-state index in [0.29, 0.717) is 25.3 Å². The molecule has 6 nitrogen and oxygen atoms in total. The quantitative estimate of drug-likeness (QED) is 0.854. The minimum Gasteiger partial charge on any atom is -0.444 e. The first-order valence-electron chi connectivity index (χ1n) is 9.17. The highest BCUT2D eigenvalue weighted by Gasteiger charge is 2.60. The summed E-state index contributed by atoms with van der Waals surface area (Å²) in [7, 11) is 0.